The van der Waals surface area contributed by atoms with Gasteiger partial charge in [-0.05, 0) is 32.0 Å². The van der Waals surface area contributed by atoms with Gasteiger partial charge in [-0.2, -0.15) is 0 Å². The Morgan fingerprint density at radius 2 is 2.04 bits per heavy atom. The molecule has 1 amide bonds. The number of benzene rings is 1. The molecule has 0 atom stereocenters. The Bertz CT molecular complexity index is 1000. The fraction of sp³-hybridized carbons (Fsp3) is 0.294. The number of esters is 1. The number of rotatable bonds is 7. The molecule has 0 fully saturated rings. The molecule has 0 spiro atoms. The normalized spacial score (nSPS) is 10.8. The van der Waals surface area contributed by atoms with Gasteiger partial charge in [-0.25, -0.2) is 9.59 Å². The second-order valence-electron chi connectivity index (χ2n) is 5.28. The quantitative estimate of drug-likeness (QED) is 0.280. The summed E-state index contributed by atoms with van der Waals surface area (Å²) < 4.78 is 17.2. The molecular formula is C17H16BrN3O5S2. The first-order chi connectivity index (χ1) is 13.5. The van der Waals surface area contributed by atoms with Crippen LogP contribution in [0.3, 0.4) is 0 Å². The van der Waals surface area contributed by atoms with Crippen LogP contribution in [0.2, 0.25) is 0 Å². The SMILES string of the molecule is CCOC(=O)Nc1nnc(SCc2c(C(=O)OCC)oc3ccc(Br)cc23)s1. The average molecular weight is 486 g/mol. The summed E-state index contributed by atoms with van der Waals surface area (Å²) in [5, 5.41) is 11.6. The van der Waals surface area contributed by atoms with Crippen molar-refractivity contribution >= 4 is 67.2 Å². The molecule has 3 aromatic rings. The van der Waals surface area contributed by atoms with Gasteiger partial charge in [-0.15, -0.1) is 10.2 Å². The lowest BCUT2D eigenvalue weighted by Gasteiger charge is -2.02. The van der Waals surface area contributed by atoms with Gasteiger partial charge in [0, 0.05) is 21.2 Å². The molecule has 0 aliphatic rings. The van der Waals surface area contributed by atoms with Gasteiger partial charge in [-0.3, -0.25) is 5.32 Å². The van der Waals surface area contributed by atoms with E-state index in [1.54, 1.807) is 19.9 Å². The van der Waals surface area contributed by atoms with E-state index < -0.39 is 12.1 Å². The van der Waals surface area contributed by atoms with E-state index in [1.165, 1.54) is 23.1 Å². The molecular weight excluding hydrogens is 470 g/mol. The molecule has 0 saturated carbocycles. The third kappa shape index (κ3) is 4.83. The topological polar surface area (TPSA) is 104 Å². The van der Waals surface area contributed by atoms with E-state index in [1.807, 2.05) is 12.1 Å². The lowest BCUT2D eigenvalue weighted by Crippen LogP contribution is -2.12. The molecule has 1 aromatic carbocycles. The number of amides is 1. The fourth-order valence-electron chi connectivity index (χ4n) is 2.33. The summed E-state index contributed by atoms with van der Waals surface area (Å²) in [7, 11) is 0. The van der Waals surface area contributed by atoms with Crippen molar-refractivity contribution in [2.75, 3.05) is 18.5 Å². The number of furan rings is 1. The molecule has 0 saturated heterocycles. The van der Waals surface area contributed by atoms with Gasteiger partial charge in [0.25, 0.3) is 0 Å². The van der Waals surface area contributed by atoms with Crippen LogP contribution in [0.1, 0.15) is 30.0 Å². The molecule has 0 aliphatic carbocycles. The Morgan fingerprint density at radius 3 is 2.79 bits per heavy atom. The number of hydrogen-bond acceptors (Lipinski definition) is 9. The molecule has 0 unspecified atom stereocenters. The Hall–Kier alpha value is -2.11. The summed E-state index contributed by atoms with van der Waals surface area (Å²) in [6, 6.07) is 5.53. The second kappa shape index (κ2) is 9.39. The number of thioether (sulfide) groups is 1. The standard InChI is InChI=1S/C17H16BrN3O5S2/c1-3-24-14(22)13-11(10-7-9(18)5-6-12(10)26-13)8-27-17-21-20-15(28-17)19-16(23)25-4-2/h5-7H,3-4,8H2,1-2H3,(H,19,20,23). The predicted octanol–water partition coefficient (Wildman–Crippen LogP) is 5.08. The third-order valence-corrected chi connectivity index (χ3v) is 5.94. The number of anilines is 1. The number of hydrogen-bond donors (Lipinski definition) is 1. The van der Waals surface area contributed by atoms with Crippen LogP contribution in [0, 0.1) is 0 Å². The van der Waals surface area contributed by atoms with Crippen LogP contribution >= 0.6 is 39.0 Å². The summed E-state index contributed by atoms with van der Waals surface area (Å²) in [6.45, 7) is 3.98. The largest absolute Gasteiger partial charge is 0.460 e. The van der Waals surface area contributed by atoms with Crippen molar-refractivity contribution in [3.8, 4) is 0 Å². The number of nitrogens with zero attached hydrogens (tertiary/aromatic N) is 2. The second-order valence-corrected chi connectivity index (χ2v) is 8.39. The number of ether oxygens (including phenoxy) is 2. The van der Waals surface area contributed by atoms with E-state index in [0.29, 0.717) is 20.8 Å². The van der Waals surface area contributed by atoms with Crippen LogP contribution in [-0.4, -0.2) is 35.5 Å². The number of aromatic nitrogens is 2. The van der Waals surface area contributed by atoms with Gasteiger partial charge in [0.15, 0.2) is 4.34 Å². The van der Waals surface area contributed by atoms with E-state index in [9.17, 15) is 9.59 Å². The van der Waals surface area contributed by atoms with E-state index in [4.69, 9.17) is 13.9 Å². The number of nitrogens with one attached hydrogen (secondary N) is 1. The highest BCUT2D eigenvalue weighted by Crippen LogP contribution is 2.35. The summed E-state index contributed by atoms with van der Waals surface area (Å²) in [6.07, 6.45) is -0.578. The number of fused-ring (bicyclic) bond motifs is 1. The molecule has 8 nitrogen and oxygen atoms in total. The number of carbonyl (C=O) groups excluding carboxylic acids is 2. The number of halogens is 1. The van der Waals surface area contributed by atoms with Gasteiger partial charge < -0.3 is 13.9 Å². The van der Waals surface area contributed by atoms with Gasteiger partial charge in [0.1, 0.15) is 5.58 Å². The van der Waals surface area contributed by atoms with Crippen LogP contribution < -0.4 is 5.32 Å². The Morgan fingerprint density at radius 1 is 1.25 bits per heavy atom. The predicted molar refractivity (Wildman–Crippen MR) is 110 cm³/mol. The Balaban J connectivity index is 1.80. The summed E-state index contributed by atoms with van der Waals surface area (Å²) in [5.41, 5.74) is 1.32. The molecule has 148 valence electrons. The molecule has 28 heavy (non-hydrogen) atoms. The Labute approximate surface area is 177 Å². The van der Waals surface area contributed by atoms with Crippen LogP contribution in [0.5, 0.6) is 0 Å². The lowest BCUT2D eigenvalue weighted by atomic mass is 10.1. The van der Waals surface area contributed by atoms with E-state index >= 15 is 0 Å². The maximum absolute atomic E-state index is 12.3. The highest BCUT2D eigenvalue weighted by Gasteiger charge is 2.22. The van der Waals surface area contributed by atoms with Gasteiger partial charge in [0.05, 0.1) is 13.2 Å². The molecule has 3 rings (SSSR count). The average Bonchev–Trinajstić information content (AvgIpc) is 3.24. The van der Waals surface area contributed by atoms with Crippen molar-refractivity contribution in [2.45, 2.75) is 23.9 Å². The van der Waals surface area contributed by atoms with E-state index in [2.05, 4.69) is 31.4 Å². The van der Waals surface area contributed by atoms with Crippen molar-refractivity contribution < 1.29 is 23.5 Å². The van der Waals surface area contributed by atoms with Gasteiger partial charge in [-0.1, -0.05) is 39.0 Å². The van der Waals surface area contributed by atoms with Crippen LogP contribution in [0.4, 0.5) is 9.93 Å². The first-order valence-electron chi connectivity index (χ1n) is 8.30. The maximum atomic E-state index is 12.3. The Kier molecular flexibility index (Phi) is 6.92. The summed E-state index contributed by atoms with van der Waals surface area (Å²) in [5.74, 6) is 0.0928. The zero-order valence-electron chi connectivity index (χ0n) is 15.0. The van der Waals surface area contributed by atoms with Crippen molar-refractivity contribution in [1.29, 1.82) is 0 Å². The molecule has 2 heterocycles. The van der Waals surface area contributed by atoms with Crippen molar-refractivity contribution in [3.63, 3.8) is 0 Å². The fourth-order valence-corrected chi connectivity index (χ4v) is 4.46. The summed E-state index contributed by atoms with van der Waals surface area (Å²) in [4.78, 5) is 23.8. The monoisotopic (exact) mass is 485 g/mol. The van der Waals surface area contributed by atoms with Crippen molar-refractivity contribution in [3.05, 3.63) is 34.0 Å². The highest BCUT2D eigenvalue weighted by molar-refractivity contribution is 9.10. The smallest absolute Gasteiger partial charge is 0.413 e. The third-order valence-electron chi connectivity index (χ3n) is 3.44. The van der Waals surface area contributed by atoms with Crippen molar-refractivity contribution in [1.82, 2.24) is 10.2 Å². The van der Waals surface area contributed by atoms with Gasteiger partial charge in [0.2, 0.25) is 10.9 Å². The van der Waals surface area contributed by atoms with Crippen LogP contribution in [0.25, 0.3) is 11.0 Å². The van der Waals surface area contributed by atoms with E-state index in [-0.39, 0.29) is 19.0 Å². The minimum absolute atomic E-state index is 0.178. The van der Waals surface area contributed by atoms with Gasteiger partial charge >= 0.3 is 12.1 Å². The zero-order chi connectivity index (χ0) is 20.1. The molecule has 0 bridgehead atoms. The number of carbonyl (C=O) groups is 2. The van der Waals surface area contributed by atoms with Crippen LogP contribution in [-0.2, 0) is 15.2 Å². The van der Waals surface area contributed by atoms with Crippen LogP contribution in [0.15, 0.2) is 31.4 Å². The lowest BCUT2D eigenvalue weighted by molar-refractivity contribution is 0.0491. The molecule has 1 N–H and O–H groups in total. The highest BCUT2D eigenvalue weighted by atomic mass is 79.9. The molecule has 2 aromatic heterocycles. The minimum atomic E-state index is -0.578. The zero-order valence-corrected chi connectivity index (χ0v) is 18.2. The first kappa shape index (κ1) is 20.6. The van der Waals surface area contributed by atoms with E-state index in [0.717, 1.165) is 15.4 Å². The molecule has 0 aliphatic heterocycles. The maximum Gasteiger partial charge on any atom is 0.413 e. The summed E-state index contributed by atoms with van der Waals surface area (Å²) >= 11 is 6.04. The molecule has 11 heteroatoms. The van der Waals surface area contributed by atoms with Crippen molar-refractivity contribution in [2.24, 2.45) is 0 Å². The molecule has 0 radical (unpaired) electrons. The first-order valence-corrected chi connectivity index (χ1v) is 10.9. The minimum Gasteiger partial charge on any atom is -0.460 e.